The molecule has 2 aromatic rings. The van der Waals surface area contributed by atoms with Gasteiger partial charge in [-0.1, -0.05) is 0 Å². The van der Waals surface area contributed by atoms with Gasteiger partial charge < -0.3 is 19.4 Å². The first-order chi connectivity index (χ1) is 12.3. The zero-order valence-corrected chi connectivity index (χ0v) is 15.5. The number of rotatable bonds is 8. The van der Waals surface area contributed by atoms with Crippen LogP contribution in [0.4, 0.5) is 0 Å². The van der Waals surface area contributed by atoms with E-state index >= 15 is 0 Å². The molecular weight excluding hydrogens is 336 g/mol. The molecule has 2 aromatic heterocycles. The average Bonchev–Trinajstić information content (AvgIpc) is 3.39. The van der Waals surface area contributed by atoms with Gasteiger partial charge in [-0.05, 0) is 25.0 Å². The highest BCUT2D eigenvalue weighted by atomic mass is 32.1. The fraction of sp³-hybridized carbons (Fsp3) is 0.556. The van der Waals surface area contributed by atoms with Gasteiger partial charge in [-0.2, -0.15) is 0 Å². The van der Waals surface area contributed by atoms with Gasteiger partial charge in [0, 0.05) is 51.2 Å². The quantitative estimate of drug-likeness (QED) is 0.578. The van der Waals surface area contributed by atoms with Crippen LogP contribution >= 0.6 is 11.3 Å². The monoisotopic (exact) mass is 362 g/mol. The third-order valence-electron chi connectivity index (χ3n) is 4.21. The molecule has 1 saturated heterocycles. The van der Waals surface area contributed by atoms with Crippen molar-refractivity contribution in [2.75, 3.05) is 33.3 Å². The summed E-state index contributed by atoms with van der Waals surface area (Å²) in [6.07, 6.45) is 7.83. The first kappa shape index (κ1) is 17.9. The number of likely N-dealkylation sites (N-methyl/N-ethyl adjacent to an activating group) is 1. The Kier molecular flexibility index (Phi) is 6.88. The molecule has 136 valence electrons. The van der Waals surface area contributed by atoms with E-state index in [2.05, 4.69) is 22.2 Å². The second-order valence-corrected chi connectivity index (χ2v) is 7.13. The minimum absolute atomic E-state index is 0.259. The molecule has 1 unspecified atom stereocenters. The summed E-state index contributed by atoms with van der Waals surface area (Å²) in [4.78, 5) is 11.3. The molecule has 0 spiro atoms. The molecule has 0 aromatic carbocycles. The lowest BCUT2D eigenvalue weighted by Gasteiger charge is -2.22. The van der Waals surface area contributed by atoms with Gasteiger partial charge in [0.1, 0.15) is 5.76 Å². The van der Waals surface area contributed by atoms with Gasteiger partial charge >= 0.3 is 0 Å². The maximum atomic E-state index is 5.69. The van der Waals surface area contributed by atoms with Crippen LogP contribution in [0.1, 0.15) is 23.6 Å². The Hall–Kier alpha value is -1.86. The van der Waals surface area contributed by atoms with Crippen molar-refractivity contribution in [3.63, 3.8) is 0 Å². The first-order valence-corrected chi connectivity index (χ1v) is 9.71. The second-order valence-electron chi connectivity index (χ2n) is 6.15. The normalized spacial score (nSPS) is 17.8. The summed E-state index contributed by atoms with van der Waals surface area (Å²) < 4.78 is 11.1. The van der Waals surface area contributed by atoms with E-state index in [0.717, 1.165) is 62.1 Å². The van der Waals surface area contributed by atoms with Crippen LogP contribution in [0.5, 0.6) is 0 Å². The van der Waals surface area contributed by atoms with Crippen molar-refractivity contribution in [1.82, 2.24) is 15.2 Å². The van der Waals surface area contributed by atoms with E-state index in [1.807, 2.05) is 23.7 Å². The number of thiazole rings is 1. The first-order valence-electron chi connectivity index (χ1n) is 8.83. The molecule has 3 heterocycles. The number of aliphatic imine (C=N–C) groups is 1. The van der Waals surface area contributed by atoms with Gasteiger partial charge in [-0.25, -0.2) is 4.98 Å². The maximum Gasteiger partial charge on any atom is 0.193 e. The molecule has 0 bridgehead atoms. The molecule has 1 aliphatic rings. The lowest BCUT2D eigenvalue weighted by atomic mass is 10.2. The van der Waals surface area contributed by atoms with Crippen LogP contribution in [0.25, 0.3) is 0 Å². The highest BCUT2D eigenvalue weighted by molar-refractivity contribution is 7.09. The summed E-state index contributed by atoms with van der Waals surface area (Å²) in [5.41, 5.74) is 0. The van der Waals surface area contributed by atoms with Crippen molar-refractivity contribution < 1.29 is 9.15 Å². The van der Waals surface area contributed by atoms with E-state index in [1.54, 1.807) is 17.6 Å². The lowest BCUT2D eigenvalue weighted by molar-refractivity contribution is 0.117. The summed E-state index contributed by atoms with van der Waals surface area (Å²) in [5, 5.41) is 6.63. The molecule has 0 radical (unpaired) electrons. The van der Waals surface area contributed by atoms with Crippen molar-refractivity contribution in [3.8, 4) is 0 Å². The molecule has 1 N–H and O–H groups in total. The molecular formula is C18H26N4O2S. The Balaban J connectivity index is 1.52. The van der Waals surface area contributed by atoms with Crippen LogP contribution in [-0.2, 0) is 17.6 Å². The molecule has 0 amide bonds. The van der Waals surface area contributed by atoms with Crippen molar-refractivity contribution in [2.45, 2.75) is 31.8 Å². The Morgan fingerprint density at radius 1 is 1.48 bits per heavy atom. The van der Waals surface area contributed by atoms with Crippen LogP contribution in [0, 0.1) is 0 Å². The van der Waals surface area contributed by atoms with Crippen molar-refractivity contribution >= 4 is 17.3 Å². The predicted octanol–water partition coefficient (Wildman–Crippen LogP) is 2.58. The number of furan rings is 1. The zero-order valence-electron chi connectivity index (χ0n) is 14.7. The van der Waals surface area contributed by atoms with Crippen LogP contribution in [0.15, 0.2) is 39.4 Å². The van der Waals surface area contributed by atoms with E-state index in [4.69, 9.17) is 14.1 Å². The van der Waals surface area contributed by atoms with E-state index in [0.29, 0.717) is 6.54 Å². The largest absolute Gasteiger partial charge is 0.469 e. The van der Waals surface area contributed by atoms with Crippen LogP contribution < -0.4 is 5.32 Å². The molecule has 3 rings (SSSR count). The summed E-state index contributed by atoms with van der Waals surface area (Å²) in [6, 6.07) is 3.92. The molecule has 1 atom stereocenters. The van der Waals surface area contributed by atoms with Crippen molar-refractivity contribution in [2.24, 2.45) is 4.99 Å². The van der Waals surface area contributed by atoms with E-state index in [1.165, 1.54) is 0 Å². The van der Waals surface area contributed by atoms with Crippen LogP contribution in [0.3, 0.4) is 0 Å². The topological polar surface area (TPSA) is 62.9 Å². The van der Waals surface area contributed by atoms with E-state index in [-0.39, 0.29) is 6.10 Å². The summed E-state index contributed by atoms with van der Waals surface area (Å²) in [6.45, 7) is 3.25. The van der Waals surface area contributed by atoms with Crippen LogP contribution in [0.2, 0.25) is 0 Å². The number of hydrogen-bond donors (Lipinski definition) is 1. The van der Waals surface area contributed by atoms with Crippen molar-refractivity contribution in [3.05, 3.63) is 40.7 Å². The Morgan fingerprint density at radius 3 is 3.16 bits per heavy atom. The standard InChI is InChI=1S/C18H26N4O2S/c1-22(10-7-17-19-9-13-25-17)18(21-14-16-5-3-12-24-16)20-8-6-15-4-2-11-23-15/h2,4,9,11,13,16H,3,5-8,10,12,14H2,1H3,(H,20,21). The molecule has 0 saturated carbocycles. The molecule has 1 fully saturated rings. The summed E-state index contributed by atoms with van der Waals surface area (Å²) in [7, 11) is 2.07. The van der Waals surface area contributed by atoms with Gasteiger partial charge in [0.15, 0.2) is 5.96 Å². The van der Waals surface area contributed by atoms with Gasteiger partial charge in [0.25, 0.3) is 0 Å². The maximum absolute atomic E-state index is 5.69. The predicted molar refractivity (Wildman–Crippen MR) is 100 cm³/mol. The Labute approximate surface area is 152 Å². The number of ether oxygens (including phenoxy) is 1. The fourth-order valence-electron chi connectivity index (χ4n) is 2.79. The van der Waals surface area contributed by atoms with E-state index < -0.39 is 0 Å². The zero-order chi connectivity index (χ0) is 17.3. The number of hydrogen-bond acceptors (Lipinski definition) is 5. The Morgan fingerprint density at radius 2 is 2.44 bits per heavy atom. The SMILES string of the molecule is CN(CCc1nccs1)C(=NCC1CCCO1)NCCc1ccco1. The van der Waals surface area contributed by atoms with Gasteiger partial charge in [-0.15, -0.1) is 11.3 Å². The van der Waals surface area contributed by atoms with Gasteiger partial charge in [0.05, 0.1) is 23.9 Å². The summed E-state index contributed by atoms with van der Waals surface area (Å²) in [5.74, 6) is 1.90. The number of nitrogens with one attached hydrogen (secondary N) is 1. The third-order valence-corrected chi connectivity index (χ3v) is 5.05. The molecule has 6 nitrogen and oxygen atoms in total. The second kappa shape index (κ2) is 9.58. The smallest absolute Gasteiger partial charge is 0.193 e. The van der Waals surface area contributed by atoms with Gasteiger partial charge in [-0.3, -0.25) is 4.99 Å². The number of nitrogens with zero attached hydrogens (tertiary/aromatic N) is 3. The minimum Gasteiger partial charge on any atom is -0.469 e. The van der Waals surface area contributed by atoms with Crippen LogP contribution in [-0.4, -0.2) is 55.2 Å². The number of guanidine groups is 1. The van der Waals surface area contributed by atoms with Crippen molar-refractivity contribution in [1.29, 1.82) is 0 Å². The lowest BCUT2D eigenvalue weighted by Crippen LogP contribution is -2.41. The number of aromatic nitrogens is 1. The fourth-order valence-corrected chi connectivity index (χ4v) is 3.40. The third kappa shape index (κ3) is 5.86. The average molecular weight is 362 g/mol. The molecule has 25 heavy (non-hydrogen) atoms. The summed E-state index contributed by atoms with van der Waals surface area (Å²) >= 11 is 1.70. The molecule has 0 aliphatic carbocycles. The molecule has 1 aliphatic heterocycles. The van der Waals surface area contributed by atoms with E-state index in [9.17, 15) is 0 Å². The Bertz CT molecular complexity index is 622. The highest BCUT2D eigenvalue weighted by Crippen LogP contribution is 2.12. The minimum atomic E-state index is 0.259. The molecule has 7 heteroatoms. The van der Waals surface area contributed by atoms with Gasteiger partial charge in [0.2, 0.25) is 0 Å². The highest BCUT2D eigenvalue weighted by Gasteiger charge is 2.16.